The molecule has 1 unspecified atom stereocenters. The molecule has 0 bridgehead atoms. The van der Waals surface area contributed by atoms with E-state index >= 15 is 0 Å². The monoisotopic (exact) mass is 328 g/mol. The first-order valence-corrected chi connectivity index (χ1v) is 8.90. The standard InChI is InChI=1S/C16H20N6S/c1-10(2)12-8-13(21-20-12)11-4-3-7-22(9-11)16-19-14-15(23-16)18-6-5-17-14/h5-6,8,10-11H,3-4,7,9H2,1-2H3,(H,20,21). The summed E-state index contributed by atoms with van der Waals surface area (Å²) in [5.41, 5.74) is 3.14. The van der Waals surface area contributed by atoms with Crippen molar-refractivity contribution in [2.24, 2.45) is 0 Å². The van der Waals surface area contributed by atoms with Crippen LogP contribution >= 0.6 is 11.3 Å². The van der Waals surface area contributed by atoms with Crippen LogP contribution in [0.4, 0.5) is 5.13 Å². The highest BCUT2D eigenvalue weighted by atomic mass is 32.1. The van der Waals surface area contributed by atoms with Gasteiger partial charge >= 0.3 is 0 Å². The number of H-pyrrole nitrogens is 1. The lowest BCUT2D eigenvalue weighted by atomic mass is 9.94. The van der Waals surface area contributed by atoms with Crippen LogP contribution in [0.3, 0.4) is 0 Å². The van der Waals surface area contributed by atoms with Crippen molar-refractivity contribution >= 4 is 26.9 Å². The van der Waals surface area contributed by atoms with Crippen molar-refractivity contribution in [1.82, 2.24) is 25.1 Å². The molecule has 1 saturated heterocycles. The molecule has 1 fully saturated rings. The molecule has 23 heavy (non-hydrogen) atoms. The quantitative estimate of drug-likeness (QED) is 0.798. The molecule has 7 heteroatoms. The smallest absolute Gasteiger partial charge is 0.191 e. The maximum atomic E-state index is 4.64. The van der Waals surface area contributed by atoms with Crippen LogP contribution in [0.2, 0.25) is 0 Å². The second-order valence-corrected chi connectivity index (χ2v) is 7.33. The number of nitrogens with one attached hydrogen (secondary N) is 1. The lowest BCUT2D eigenvalue weighted by Gasteiger charge is -2.31. The maximum Gasteiger partial charge on any atom is 0.191 e. The average Bonchev–Trinajstić information content (AvgIpc) is 3.22. The Bertz CT molecular complexity index is 775. The van der Waals surface area contributed by atoms with E-state index in [1.165, 1.54) is 12.1 Å². The van der Waals surface area contributed by atoms with E-state index in [9.17, 15) is 0 Å². The Morgan fingerprint density at radius 1 is 1.30 bits per heavy atom. The number of rotatable bonds is 3. The maximum absolute atomic E-state index is 4.64. The molecular weight excluding hydrogens is 308 g/mol. The Morgan fingerprint density at radius 2 is 2.17 bits per heavy atom. The van der Waals surface area contributed by atoms with Gasteiger partial charge in [0.05, 0.1) is 5.69 Å². The van der Waals surface area contributed by atoms with E-state index in [2.05, 4.69) is 50.0 Å². The van der Waals surface area contributed by atoms with Gasteiger partial charge in [0.1, 0.15) is 0 Å². The Labute approximate surface area is 139 Å². The van der Waals surface area contributed by atoms with E-state index in [4.69, 9.17) is 0 Å². The van der Waals surface area contributed by atoms with Crippen molar-refractivity contribution in [2.45, 2.75) is 38.5 Å². The van der Waals surface area contributed by atoms with Crippen LogP contribution < -0.4 is 4.90 Å². The molecule has 0 aromatic carbocycles. The van der Waals surface area contributed by atoms with Gasteiger partial charge in [0.25, 0.3) is 0 Å². The Morgan fingerprint density at radius 3 is 2.96 bits per heavy atom. The Balaban J connectivity index is 1.56. The predicted octanol–water partition coefficient (Wildman–Crippen LogP) is 3.32. The Hall–Kier alpha value is -2.02. The first-order chi connectivity index (χ1) is 11.2. The third-order valence-corrected chi connectivity index (χ3v) is 5.39. The van der Waals surface area contributed by atoms with Gasteiger partial charge < -0.3 is 4.90 Å². The summed E-state index contributed by atoms with van der Waals surface area (Å²) in [6.07, 6.45) is 5.78. The molecule has 1 N–H and O–H groups in total. The second kappa shape index (κ2) is 5.88. The van der Waals surface area contributed by atoms with Gasteiger partial charge in [-0.2, -0.15) is 10.1 Å². The van der Waals surface area contributed by atoms with E-state index in [-0.39, 0.29) is 0 Å². The summed E-state index contributed by atoms with van der Waals surface area (Å²) >= 11 is 1.63. The third kappa shape index (κ3) is 2.81. The molecule has 1 aliphatic heterocycles. The van der Waals surface area contributed by atoms with Gasteiger partial charge in [0, 0.05) is 37.1 Å². The molecule has 4 rings (SSSR count). The average molecular weight is 328 g/mol. The van der Waals surface area contributed by atoms with Gasteiger partial charge in [-0.15, -0.1) is 0 Å². The molecule has 0 saturated carbocycles. The van der Waals surface area contributed by atoms with Crippen molar-refractivity contribution < 1.29 is 0 Å². The zero-order valence-electron chi connectivity index (χ0n) is 13.4. The fourth-order valence-corrected chi connectivity index (χ4v) is 3.97. The fourth-order valence-electron chi connectivity index (χ4n) is 3.06. The molecule has 0 aliphatic carbocycles. The molecule has 3 aromatic rings. The number of thiazole rings is 1. The van der Waals surface area contributed by atoms with Crippen molar-refractivity contribution in [3.63, 3.8) is 0 Å². The van der Waals surface area contributed by atoms with E-state index < -0.39 is 0 Å². The van der Waals surface area contributed by atoms with Crippen molar-refractivity contribution in [3.8, 4) is 0 Å². The van der Waals surface area contributed by atoms with Crippen molar-refractivity contribution in [3.05, 3.63) is 29.8 Å². The summed E-state index contributed by atoms with van der Waals surface area (Å²) in [5.74, 6) is 0.942. The number of piperidine rings is 1. The van der Waals surface area contributed by atoms with Gasteiger partial charge in [-0.3, -0.25) is 5.10 Å². The highest BCUT2D eigenvalue weighted by molar-refractivity contribution is 7.21. The van der Waals surface area contributed by atoms with Crippen LogP contribution in [0, 0.1) is 0 Å². The molecule has 3 aromatic heterocycles. The normalized spacial score (nSPS) is 18.9. The van der Waals surface area contributed by atoms with Gasteiger partial charge in [-0.1, -0.05) is 25.2 Å². The molecule has 4 heterocycles. The van der Waals surface area contributed by atoms with Gasteiger partial charge in [-0.05, 0) is 24.8 Å². The van der Waals surface area contributed by atoms with Gasteiger partial charge in [0.2, 0.25) is 0 Å². The first-order valence-electron chi connectivity index (χ1n) is 8.08. The first kappa shape index (κ1) is 14.6. The lowest BCUT2D eigenvalue weighted by Crippen LogP contribution is -2.34. The molecular formula is C16H20N6S. The van der Waals surface area contributed by atoms with Crippen LogP contribution in [0.1, 0.15) is 49.9 Å². The molecule has 1 aliphatic rings. The number of anilines is 1. The van der Waals surface area contributed by atoms with Crippen LogP contribution in [0.25, 0.3) is 10.5 Å². The third-order valence-electron chi connectivity index (χ3n) is 4.38. The molecule has 0 amide bonds. The number of nitrogens with zero attached hydrogens (tertiary/aromatic N) is 5. The van der Waals surface area contributed by atoms with Gasteiger partial charge in [-0.25, -0.2) is 9.97 Å². The molecule has 6 nitrogen and oxygen atoms in total. The van der Waals surface area contributed by atoms with Crippen molar-refractivity contribution in [1.29, 1.82) is 0 Å². The summed E-state index contributed by atoms with van der Waals surface area (Å²) in [5, 5.41) is 8.71. The summed E-state index contributed by atoms with van der Waals surface area (Å²) in [7, 11) is 0. The van der Waals surface area contributed by atoms with Crippen molar-refractivity contribution in [2.75, 3.05) is 18.0 Å². The molecule has 0 spiro atoms. The lowest BCUT2D eigenvalue weighted by molar-refractivity contribution is 0.500. The number of aromatic nitrogens is 5. The largest absolute Gasteiger partial charge is 0.347 e. The summed E-state index contributed by atoms with van der Waals surface area (Å²) in [6, 6.07) is 2.22. The minimum absolute atomic E-state index is 0.459. The van der Waals surface area contributed by atoms with Crippen LogP contribution in [0.5, 0.6) is 0 Å². The van der Waals surface area contributed by atoms with Crippen LogP contribution in [0.15, 0.2) is 18.5 Å². The van der Waals surface area contributed by atoms with Gasteiger partial charge in [0.15, 0.2) is 15.6 Å². The zero-order chi connectivity index (χ0) is 15.8. The van der Waals surface area contributed by atoms with E-state index in [0.29, 0.717) is 11.8 Å². The number of hydrogen-bond donors (Lipinski definition) is 1. The fraction of sp³-hybridized carbons (Fsp3) is 0.500. The van der Waals surface area contributed by atoms with E-state index in [1.54, 1.807) is 23.7 Å². The molecule has 120 valence electrons. The summed E-state index contributed by atoms with van der Waals surface area (Å²) in [6.45, 7) is 6.36. The summed E-state index contributed by atoms with van der Waals surface area (Å²) < 4.78 is 0. The highest BCUT2D eigenvalue weighted by Crippen LogP contribution is 2.33. The van der Waals surface area contributed by atoms with Crippen LogP contribution in [-0.4, -0.2) is 38.2 Å². The molecule has 0 radical (unpaired) electrons. The predicted molar refractivity (Wildman–Crippen MR) is 92.1 cm³/mol. The SMILES string of the molecule is CC(C)c1cc(C2CCCN(c3nc4nccnc4s3)C2)[nH]n1. The number of aromatic amines is 1. The zero-order valence-corrected chi connectivity index (χ0v) is 14.2. The highest BCUT2D eigenvalue weighted by Gasteiger charge is 2.25. The summed E-state index contributed by atoms with van der Waals surface area (Å²) in [4.78, 5) is 16.6. The minimum Gasteiger partial charge on any atom is -0.347 e. The Kier molecular flexibility index (Phi) is 3.72. The van der Waals surface area contributed by atoms with E-state index in [0.717, 1.165) is 40.8 Å². The second-order valence-electron chi connectivity index (χ2n) is 6.37. The van der Waals surface area contributed by atoms with E-state index in [1.807, 2.05) is 0 Å². The van der Waals surface area contributed by atoms with Crippen LogP contribution in [-0.2, 0) is 0 Å². The number of fused-ring (bicyclic) bond motifs is 1. The number of hydrogen-bond acceptors (Lipinski definition) is 6. The minimum atomic E-state index is 0.459. The molecule has 1 atom stereocenters. The topological polar surface area (TPSA) is 70.6 Å².